The molecule has 2 nitrogen and oxygen atoms in total. The fraction of sp³-hybridized carbons (Fsp3) is 0. The number of halogens is 2. The highest BCUT2D eigenvalue weighted by Gasteiger charge is 2.09. The number of nitriles is 1. The molecule has 1 aromatic heterocycles. The van der Waals surface area contributed by atoms with Gasteiger partial charge in [-0.25, -0.2) is 13.8 Å². The van der Waals surface area contributed by atoms with Crippen molar-refractivity contribution in [1.29, 1.82) is 5.26 Å². The molecule has 5 heteroatoms. The van der Waals surface area contributed by atoms with E-state index in [-0.39, 0.29) is 0 Å². The van der Waals surface area contributed by atoms with Gasteiger partial charge in [-0.1, -0.05) is 36.4 Å². The summed E-state index contributed by atoms with van der Waals surface area (Å²) in [6.45, 7) is 0. The van der Waals surface area contributed by atoms with Gasteiger partial charge in [0.1, 0.15) is 11.1 Å². The summed E-state index contributed by atoms with van der Waals surface area (Å²) >= 11 is 1.33. The SMILES string of the molecule is N#C/C(=C\c1ccc(F)c(F)c1)c1nc(-c2ccccc2)cs1. The molecule has 0 N–H and O–H groups in total. The molecule has 3 rings (SSSR count). The monoisotopic (exact) mass is 324 g/mol. The fourth-order valence-corrected chi connectivity index (χ4v) is 2.84. The topological polar surface area (TPSA) is 36.7 Å². The Labute approximate surface area is 136 Å². The van der Waals surface area contributed by atoms with E-state index in [2.05, 4.69) is 11.1 Å². The third-order valence-electron chi connectivity index (χ3n) is 3.18. The van der Waals surface area contributed by atoms with Crippen LogP contribution < -0.4 is 0 Å². The van der Waals surface area contributed by atoms with Gasteiger partial charge in [0, 0.05) is 10.9 Å². The summed E-state index contributed by atoms with van der Waals surface area (Å²) in [5.41, 5.74) is 2.46. The minimum Gasteiger partial charge on any atom is -0.235 e. The zero-order valence-corrected chi connectivity index (χ0v) is 12.6. The Kier molecular flexibility index (Phi) is 4.26. The molecule has 0 radical (unpaired) electrons. The second kappa shape index (κ2) is 6.51. The molecule has 0 aliphatic heterocycles. The van der Waals surface area contributed by atoms with Crippen molar-refractivity contribution in [2.24, 2.45) is 0 Å². The van der Waals surface area contributed by atoms with Gasteiger partial charge in [-0.15, -0.1) is 11.3 Å². The molecule has 0 aliphatic rings. The van der Waals surface area contributed by atoms with Crippen LogP contribution in [0.2, 0.25) is 0 Å². The van der Waals surface area contributed by atoms with E-state index in [1.165, 1.54) is 23.5 Å². The zero-order chi connectivity index (χ0) is 16.2. The standard InChI is InChI=1S/C18H10F2N2S/c19-15-7-6-12(9-16(15)20)8-14(10-21)18-22-17(11-23-18)13-4-2-1-3-5-13/h1-9,11H/b14-8+. The second-order valence-corrected chi connectivity index (χ2v) is 5.61. The summed E-state index contributed by atoms with van der Waals surface area (Å²) in [5, 5.41) is 11.7. The van der Waals surface area contributed by atoms with E-state index in [4.69, 9.17) is 0 Å². The molecule has 0 bridgehead atoms. The van der Waals surface area contributed by atoms with Crippen molar-refractivity contribution in [1.82, 2.24) is 4.98 Å². The molecule has 112 valence electrons. The van der Waals surface area contributed by atoms with Crippen LogP contribution >= 0.6 is 11.3 Å². The van der Waals surface area contributed by atoms with Gasteiger partial charge in [-0.3, -0.25) is 0 Å². The van der Waals surface area contributed by atoms with Crippen molar-refractivity contribution in [2.75, 3.05) is 0 Å². The lowest BCUT2D eigenvalue weighted by Gasteiger charge is -1.98. The van der Waals surface area contributed by atoms with E-state index in [0.717, 1.165) is 23.4 Å². The highest BCUT2D eigenvalue weighted by atomic mass is 32.1. The number of hydrogen-bond acceptors (Lipinski definition) is 3. The lowest BCUT2D eigenvalue weighted by atomic mass is 10.1. The van der Waals surface area contributed by atoms with Crippen molar-refractivity contribution in [3.8, 4) is 17.3 Å². The Morgan fingerprint density at radius 2 is 1.87 bits per heavy atom. The van der Waals surface area contributed by atoms with Crippen molar-refractivity contribution < 1.29 is 8.78 Å². The molecule has 0 saturated carbocycles. The van der Waals surface area contributed by atoms with Gasteiger partial charge in [0.05, 0.1) is 11.3 Å². The molecular weight excluding hydrogens is 314 g/mol. The Morgan fingerprint density at radius 3 is 2.57 bits per heavy atom. The van der Waals surface area contributed by atoms with Gasteiger partial charge >= 0.3 is 0 Å². The summed E-state index contributed by atoms with van der Waals surface area (Å²) in [6, 6.07) is 15.2. The quantitative estimate of drug-likeness (QED) is 0.625. The minimum atomic E-state index is -0.944. The largest absolute Gasteiger partial charge is 0.235 e. The Bertz CT molecular complexity index is 908. The van der Waals surface area contributed by atoms with Crippen LogP contribution in [0.3, 0.4) is 0 Å². The maximum absolute atomic E-state index is 13.3. The van der Waals surface area contributed by atoms with Crippen LogP contribution in [0.25, 0.3) is 22.9 Å². The second-order valence-electron chi connectivity index (χ2n) is 4.75. The van der Waals surface area contributed by atoms with Gasteiger partial charge < -0.3 is 0 Å². The molecule has 1 heterocycles. The van der Waals surface area contributed by atoms with Crippen LogP contribution in [0.15, 0.2) is 53.9 Å². The maximum atomic E-state index is 13.3. The molecule has 0 spiro atoms. The Morgan fingerprint density at radius 1 is 1.09 bits per heavy atom. The van der Waals surface area contributed by atoms with Gasteiger partial charge in [-0.05, 0) is 23.8 Å². The van der Waals surface area contributed by atoms with Crippen LogP contribution in [0.1, 0.15) is 10.6 Å². The maximum Gasteiger partial charge on any atom is 0.159 e. The molecule has 0 fully saturated rings. The van der Waals surface area contributed by atoms with E-state index in [1.54, 1.807) is 0 Å². The van der Waals surface area contributed by atoms with Gasteiger partial charge in [-0.2, -0.15) is 5.26 Å². The number of allylic oxidation sites excluding steroid dienone is 1. The highest BCUT2D eigenvalue weighted by Crippen LogP contribution is 2.27. The predicted octanol–water partition coefficient (Wildman–Crippen LogP) is 5.15. The zero-order valence-electron chi connectivity index (χ0n) is 11.8. The molecule has 0 aliphatic carbocycles. The summed E-state index contributed by atoms with van der Waals surface area (Å²) in [4.78, 5) is 4.45. The summed E-state index contributed by atoms with van der Waals surface area (Å²) in [7, 11) is 0. The number of rotatable bonds is 3. The predicted molar refractivity (Wildman–Crippen MR) is 87.4 cm³/mol. The minimum absolute atomic E-state index is 0.309. The first-order chi connectivity index (χ1) is 11.2. The lowest BCUT2D eigenvalue weighted by molar-refractivity contribution is 0.508. The third kappa shape index (κ3) is 3.33. The van der Waals surface area contributed by atoms with Gasteiger partial charge in [0.25, 0.3) is 0 Å². The average molecular weight is 324 g/mol. The normalized spacial score (nSPS) is 11.3. The summed E-state index contributed by atoms with van der Waals surface area (Å²) < 4.78 is 26.2. The first-order valence-electron chi connectivity index (χ1n) is 6.75. The molecule has 0 unspecified atom stereocenters. The van der Waals surface area contributed by atoms with Crippen molar-refractivity contribution >= 4 is 23.0 Å². The van der Waals surface area contributed by atoms with Crippen LogP contribution in [0.4, 0.5) is 8.78 Å². The molecule has 0 amide bonds. The first kappa shape index (κ1) is 15.1. The van der Waals surface area contributed by atoms with Crippen molar-refractivity contribution in [3.05, 3.63) is 76.1 Å². The molecule has 0 atom stereocenters. The van der Waals surface area contributed by atoms with Crippen molar-refractivity contribution in [2.45, 2.75) is 0 Å². The molecule has 0 saturated heterocycles. The fourth-order valence-electron chi connectivity index (χ4n) is 2.05. The van der Waals surface area contributed by atoms with Crippen LogP contribution in [0.5, 0.6) is 0 Å². The first-order valence-corrected chi connectivity index (χ1v) is 7.63. The van der Waals surface area contributed by atoms with E-state index < -0.39 is 11.6 Å². The Hall–Kier alpha value is -2.84. The van der Waals surface area contributed by atoms with Crippen LogP contribution in [-0.2, 0) is 0 Å². The van der Waals surface area contributed by atoms with E-state index in [1.807, 2.05) is 35.7 Å². The number of nitrogens with zero attached hydrogens (tertiary/aromatic N) is 2. The summed E-state index contributed by atoms with van der Waals surface area (Å²) in [5.74, 6) is -1.86. The summed E-state index contributed by atoms with van der Waals surface area (Å²) in [6.07, 6.45) is 1.50. The molecular formula is C18H10F2N2S. The number of benzene rings is 2. The van der Waals surface area contributed by atoms with Crippen molar-refractivity contribution in [3.63, 3.8) is 0 Å². The van der Waals surface area contributed by atoms with E-state index in [9.17, 15) is 14.0 Å². The molecule has 3 aromatic rings. The van der Waals surface area contributed by atoms with Gasteiger partial charge in [0.2, 0.25) is 0 Å². The average Bonchev–Trinajstić information content (AvgIpc) is 3.06. The Balaban J connectivity index is 1.96. The highest BCUT2D eigenvalue weighted by molar-refractivity contribution is 7.11. The number of aromatic nitrogens is 1. The van der Waals surface area contributed by atoms with Crippen LogP contribution in [0, 0.1) is 23.0 Å². The van der Waals surface area contributed by atoms with Crippen LogP contribution in [-0.4, -0.2) is 4.98 Å². The molecule has 23 heavy (non-hydrogen) atoms. The van der Waals surface area contributed by atoms with E-state index >= 15 is 0 Å². The number of hydrogen-bond donors (Lipinski definition) is 0. The lowest BCUT2D eigenvalue weighted by Crippen LogP contribution is -1.86. The third-order valence-corrected chi connectivity index (χ3v) is 4.05. The van der Waals surface area contributed by atoms with E-state index in [0.29, 0.717) is 16.1 Å². The van der Waals surface area contributed by atoms with Gasteiger partial charge in [0.15, 0.2) is 11.6 Å². The smallest absolute Gasteiger partial charge is 0.159 e. The molecule has 2 aromatic carbocycles. The number of thiazole rings is 1.